The third-order valence-electron chi connectivity index (χ3n) is 5.17. The number of nitrogens with zero attached hydrogens (tertiary/aromatic N) is 1. The number of benzene rings is 2. The van der Waals surface area contributed by atoms with Crippen LogP contribution in [-0.4, -0.2) is 35.8 Å². The lowest BCUT2D eigenvalue weighted by Gasteiger charge is -2.32. The molecule has 1 aromatic heterocycles. The van der Waals surface area contributed by atoms with E-state index in [-0.39, 0.29) is 30.3 Å². The molecule has 3 aromatic rings. The number of halogens is 1. The van der Waals surface area contributed by atoms with Gasteiger partial charge in [-0.2, -0.15) is 0 Å². The minimum Gasteiger partial charge on any atom is -0.489 e. The van der Waals surface area contributed by atoms with Gasteiger partial charge in [0, 0.05) is 24.7 Å². The fourth-order valence-corrected chi connectivity index (χ4v) is 3.62. The summed E-state index contributed by atoms with van der Waals surface area (Å²) in [5.74, 6) is 0.108. The van der Waals surface area contributed by atoms with Gasteiger partial charge in [-0.05, 0) is 60.9 Å². The van der Waals surface area contributed by atoms with Crippen molar-refractivity contribution < 1.29 is 23.1 Å². The van der Waals surface area contributed by atoms with E-state index < -0.39 is 0 Å². The van der Waals surface area contributed by atoms with Gasteiger partial charge in [0.1, 0.15) is 18.2 Å². The van der Waals surface area contributed by atoms with Gasteiger partial charge >= 0.3 is 0 Å². The van der Waals surface area contributed by atoms with Crippen LogP contribution in [0.3, 0.4) is 0 Å². The Kier molecular flexibility index (Phi) is 6.31. The number of furan rings is 1. The normalized spacial score (nSPS) is 16.0. The predicted molar refractivity (Wildman–Crippen MR) is 112 cm³/mol. The Morgan fingerprint density at radius 2 is 2.00 bits per heavy atom. The molecular weight excluding hydrogens is 399 g/mol. The fourth-order valence-electron chi connectivity index (χ4n) is 3.62. The highest BCUT2D eigenvalue weighted by Crippen LogP contribution is 2.18. The van der Waals surface area contributed by atoms with Gasteiger partial charge in [0.15, 0.2) is 5.76 Å². The fraction of sp³-hybridized carbons (Fsp3) is 0.250. The first-order valence-electron chi connectivity index (χ1n) is 10.2. The van der Waals surface area contributed by atoms with Crippen molar-refractivity contribution in [3.05, 3.63) is 89.6 Å². The molecule has 0 spiro atoms. The molecule has 0 saturated carbocycles. The highest BCUT2D eigenvalue weighted by Gasteiger charge is 2.27. The summed E-state index contributed by atoms with van der Waals surface area (Å²) < 4.78 is 24.2. The molecular formula is C24H23FN2O4. The monoisotopic (exact) mass is 422 g/mol. The van der Waals surface area contributed by atoms with E-state index in [0.717, 1.165) is 12.8 Å². The molecule has 2 heterocycles. The minimum absolute atomic E-state index is 0.142. The van der Waals surface area contributed by atoms with Gasteiger partial charge in [0.05, 0.1) is 6.26 Å². The SMILES string of the molecule is O=C(NC1CCCN(C(=O)c2ccco2)C1)c1cccc(OCc2cccc(F)c2)c1. The number of amides is 2. The molecule has 160 valence electrons. The quantitative estimate of drug-likeness (QED) is 0.651. The highest BCUT2D eigenvalue weighted by molar-refractivity contribution is 5.95. The summed E-state index contributed by atoms with van der Waals surface area (Å²) in [5, 5.41) is 3.01. The molecule has 2 amide bonds. The summed E-state index contributed by atoms with van der Waals surface area (Å²) in [6.45, 7) is 1.27. The van der Waals surface area contributed by atoms with Gasteiger partial charge in [-0.25, -0.2) is 4.39 Å². The summed E-state index contributed by atoms with van der Waals surface area (Å²) in [6, 6.07) is 16.2. The Morgan fingerprint density at radius 1 is 1.13 bits per heavy atom. The number of likely N-dealkylation sites (tertiary alicyclic amines) is 1. The van der Waals surface area contributed by atoms with Crippen molar-refractivity contribution in [2.45, 2.75) is 25.5 Å². The second kappa shape index (κ2) is 9.47. The van der Waals surface area contributed by atoms with Gasteiger partial charge in [0.2, 0.25) is 0 Å². The topological polar surface area (TPSA) is 71.8 Å². The maximum absolute atomic E-state index is 13.3. The number of piperidine rings is 1. The summed E-state index contributed by atoms with van der Waals surface area (Å²) in [7, 11) is 0. The Bertz CT molecular complexity index is 1050. The van der Waals surface area contributed by atoms with Crippen molar-refractivity contribution >= 4 is 11.8 Å². The number of hydrogen-bond acceptors (Lipinski definition) is 4. The summed E-state index contributed by atoms with van der Waals surface area (Å²) in [5.41, 5.74) is 1.17. The van der Waals surface area contributed by atoms with Crippen molar-refractivity contribution in [3.8, 4) is 5.75 Å². The van der Waals surface area contributed by atoms with Crippen LogP contribution in [0.2, 0.25) is 0 Å². The molecule has 7 heteroatoms. The average Bonchev–Trinajstić information content (AvgIpc) is 3.33. The number of carbonyl (C=O) groups is 2. The summed E-state index contributed by atoms with van der Waals surface area (Å²) >= 11 is 0. The molecule has 0 radical (unpaired) electrons. The predicted octanol–water partition coefficient (Wildman–Crippen LogP) is 4.03. The minimum atomic E-state index is -0.318. The van der Waals surface area contributed by atoms with Crippen LogP contribution in [0.5, 0.6) is 5.75 Å². The third-order valence-corrected chi connectivity index (χ3v) is 5.17. The van der Waals surface area contributed by atoms with Crippen LogP contribution in [0.25, 0.3) is 0 Å². The second-order valence-electron chi connectivity index (χ2n) is 7.49. The van der Waals surface area contributed by atoms with E-state index in [1.807, 2.05) is 0 Å². The lowest BCUT2D eigenvalue weighted by molar-refractivity contribution is 0.0647. The molecule has 6 nitrogen and oxygen atoms in total. The lowest BCUT2D eigenvalue weighted by atomic mass is 10.0. The van der Waals surface area contributed by atoms with E-state index >= 15 is 0 Å². The average molecular weight is 422 g/mol. The molecule has 1 unspecified atom stereocenters. The zero-order chi connectivity index (χ0) is 21.6. The Morgan fingerprint density at radius 3 is 2.81 bits per heavy atom. The van der Waals surface area contributed by atoms with Crippen LogP contribution in [0.1, 0.15) is 39.3 Å². The smallest absolute Gasteiger partial charge is 0.289 e. The molecule has 1 aliphatic heterocycles. The number of nitrogens with one attached hydrogen (secondary N) is 1. The van der Waals surface area contributed by atoms with E-state index in [1.54, 1.807) is 53.4 Å². The highest BCUT2D eigenvalue weighted by atomic mass is 19.1. The van der Waals surface area contributed by atoms with Crippen LogP contribution in [0.15, 0.2) is 71.3 Å². The van der Waals surface area contributed by atoms with Crippen LogP contribution >= 0.6 is 0 Å². The molecule has 4 rings (SSSR count). The van der Waals surface area contributed by atoms with Gasteiger partial charge in [-0.15, -0.1) is 0 Å². The Hall–Kier alpha value is -3.61. The zero-order valence-corrected chi connectivity index (χ0v) is 16.9. The molecule has 1 fully saturated rings. The van der Waals surface area contributed by atoms with Gasteiger partial charge in [-0.1, -0.05) is 18.2 Å². The first kappa shape index (κ1) is 20.7. The van der Waals surface area contributed by atoms with Crippen molar-refractivity contribution in [1.29, 1.82) is 0 Å². The van der Waals surface area contributed by atoms with Crippen molar-refractivity contribution in [3.63, 3.8) is 0 Å². The van der Waals surface area contributed by atoms with Crippen LogP contribution in [-0.2, 0) is 6.61 Å². The number of rotatable bonds is 6. The van der Waals surface area contributed by atoms with E-state index in [9.17, 15) is 14.0 Å². The molecule has 1 aliphatic rings. The van der Waals surface area contributed by atoms with E-state index in [0.29, 0.717) is 35.7 Å². The van der Waals surface area contributed by atoms with E-state index in [1.165, 1.54) is 18.4 Å². The second-order valence-corrected chi connectivity index (χ2v) is 7.49. The molecule has 1 saturated heterocycles. The molecule has 2 aromatic carbocycles. The molecule has 0 bridgehead atoms. The van der Waals surface area contributed by atoms with Crippen LogP contribution in [0.4, 0.5) is 4.39 Å². The van der Waals surface area contributed by atoms with E-state index in [2.05, 4.69) is 5.32 Å². The largest absolute Gasteiger partial charge is 0.489 e. The van der Waals surface area contributed by atoms with Crippen LogP contribution < -0.4 is 10.1 Å². The van der Waals surface area contributed by atoms with E-state index in [4.69, 9.17) is 9.15 Å². The summed E-state index contributed by atoms with van der Waals surface area (Å²) in [4.78, 5) is 26.9. The summed E-state index contributed by atoms with van der Waals surface area (Å²) in [6.07, 6.45) is 3.07. The first-order chi connectivity index (χ1) is 15.1. The van der Waals surface area contributed by atoms with Crippen molar-refractivity contribution in [2.75, 3.05) is 13.1 Å². The number of carbonyl (C=O) groups excluding carboxylic acids is 2. The Labute approximate surface area is 179 Å². The lowest BCUT2D eigenvalue weighted by Crippen LogP contribution is -2.49. The molecule has 1 N–H and O–H groups in total. The third kappa shape index (κ3) is 5.31. The molecule has 31 heavy (non-hydrogen) atoms. The van der Waals surface area contributed by atoms with Gasteiger partial charge in [-0.3, -0.25) is 9.59 Å². The van der Waals surface area contributed by atoms with Crippen molar-refractivity contribution in [2.24, 2.45) is 0 Å². The maximum Gasteiger partial charge on any atom is 0.289 e. The van der Waals surface area contributed by atoms with Crippen molar-refractivity contribution in [1.82, 2.24) is 10.2 Å². The Balaban J connectivity index is 1.35. The zero-order valence-electron chi connectivity index (χ0n) is 16.9. The molecule has 1 atom stereocenters. The van der Waals surface area contributed by atoms with Gasteiger partial charge < -0.3 is 19.4 Å². The number of hydrogen-bond donors (Lipinski definition) is 1. The maximum atomic E-state index is 13.3. The number of ether oxygens (including phenoxy) is 1. The van der Waals surface area contributed by atoms with Gasteiger partial charge in [0.25, 0.3) is 11.8 Å². The molecule has 0 aliphatic carbocycles. The standard InChI is InChI=1S/C24H23FN2O4/c25-19-7-1-5-17(13-19)16-31-21-9-2-6-18(14-21)23(28)26-20-8-3-11-27(15-20)24(29)22-10-4-12-30-22/h1-2,4-7,9-10,12-14,20H,3,8,11,15-16H2,(H,26,28). The first-order valence-corrected chi connectivity index (χ1v) is 10.2. The van der Waals surface area contributed by atoms with Crippen LogP contribution in [0, 0.1) is 5.82 Å².